The molecule has 1 fully saturated rings. The molecule has 25 heavy (non-hydrogen) atoms. The van der Waals surface area contributed by atoms with Gasteiger partial charge in [0.25, 0.3) is 0 Å². The summed E-state index contributed by atoms with van der Waals surface area (Å²) in [7, 11) is 3.29. The maximum atomic E-state index is 5.48. The van der Waals surface area contributed by atoms with E-state index in [1.165, 1.54) is 16.4 Å². The predicted molar refractivity (Wildman–Crippen MR) is 106 cm³/mol. The molecule has 0 atom stereocenters. The standard InChI is InChI=1S/C19H18IN3O2/c1-24-16-10-9-13(11-17(16)25-2)19(18(20)12-7-8-12)23-21-14-5-3-4-6-15(14)22-23/h3-6,9-12H,7-8H2,1-2H3/b19-18+. The van der Waals surface area contributed by atoms with Crippen LogP contribution in [0.2, 0.25) is 0 Å². The molecule has 1 aliphatic rings. The van der Waals surface area contributed by atoms with Gasteiger partial charge in [0.05, 0.1) is 14.2 Å². The van der Waals surface area contributed by atoms with Crippen molar-refractivity contribution < 1.29 is 9.47 Å². The normalized spacial score (nSPS) is 15.2. The summed E-state index contributed by atoms with van der Waals surface area (Å²) in [5, 5.41) is 9.38. The van der Waals surface area contributed by atoms with Crippen molar-refractivity contribution in [3.05, 3.63) is 51.6 Å². The smallest absolute Gasteiger partial charge is 0.161 e. The van der Waals surface area contributed by atoms with Crippen molar-refractivity contribution in [2.45, 2.75) is 12.8 Å². The molecule has 128 valence electrons. The molecule has 0 bridgehead atoms. The third-order valence-electron chi connectivity index (χ3n) is 4.31. The summed E-state index contributed by atoms with van der Waals surface area (Å²) < 4.78 is 12.1. The third-order valence-corrected chi connectivity index (χ3v) is 5.70. The fraction of sp³-hybridized carbons (Fsp3) is 0.263. The van der Waals surface area contributed by atoms with Crippen LogP contribution in [0, 0.1) is 5.92 Å². The fourth-order valence-corrected chi connectivity index (χ4v) is 3.97. The largest absolute Gasteiger partial charge is 0.493 e. The Morgan fingerprint density at radius 3 is 2.20 bits per heavy atom. The molecule has 0 unspecified atom stereocenters. The molecular formula is C19H18IN3O2. The van der Waals surface area contributed by atoms with Gasteiger partial charge in [0.15, 0.2) is 11.5 Å². The Kier molecular flexibility index (Phi) is 4.37. The van der Waals surface area contributed by atoms with Crippen LogP contribution in [0.3, 0.4) is 0 Å². The van der Waals surface area contributed by atoms with Crippen LogP contribution in [0.25, 0.3) is 16.7 Å². The fourth-order valence-electron chi connectivity index (χ4n) is 2.82. The van der Waals surface area contributed by atoms with Crippen molar-refractivity contribution in [2.24, 2.45) is 5.92 Å². The Balaban J connectivity index is 1.89. The highest BCUT2D eigenvalue weighted by molar-refractivity contribution is 14.1. The lowest BCUT2D eigenvalue weighted by atomic mass is 10.1. The minimum Gasteiger partial charge on any atom is -0.493 e. The Labute approximate surface area is 159 Å². The van der Waals surface area contributed by atoms with E-state index in [0.29, 0.717) is 17.4 Å². The molecule has 5 nitrogen and oxygen atoms in total. The van der Waals surface area contributed by atoms with Crippen molar-refractivity contribution in [3.63, 3.8) is 0 Å². The lowest BCUT2D eigenvalue weighted by molar-refractivity contribution is 0.355. The maximum Gasteiger partial charge on any atom is 0.161 e. The average molecular weight is 447 g/mol. The lowest BCUT2D eigenvalue weighted by Gasteiger charge is -2.13. The Morgan fingerprint density at radius 1 is 1.00 bits per heavy atom. The van der Waals surface area contributed by atoms with Gasteiger partial charge in [0.2, 0.25) is 0 Å². The van der Waals surface area contributed by atoms with Gasteiger partial charge in [-0.25, -0.2) is 0 Å². The molecule has 1 saturated carbocycles. The van der Waals surface area contributed by atoms with Gasteiger partial charge in [-0.3, -0.25) is 0 Å². The van der Waals surface area contributed by atoms with Gasteiger partial charge in [0, 0.05) is 9.14 Å². The molecule has 0 aliphatic heterocycles. The van der Waals surface area contributed by atoms with Crippen LogP contribution in [0.1, 0.15) is 18.4 Å². The second kappa shape index (κ2) is 6.67. The zero-order valence-corrected chi connectivity index (χ0v) is 16.2. The molecule has 0 radical (unpaired) electrons. The summed E-state index contributed by atoms with van der Waals surface area (Å²) >= 11 is 2.44. The van der Waals surface area contributed by atoms with Gasteiger partial charge in [-0.15, -0.1) is 15.0 Å². The zero-order valence-electron chi connectivity index (χ0n) is 14.1. The third kappa shape index (κ3) is 3.10. The Morgan fingerprint density at radius 2 is 1.64 bits per heavy atom. The maximum absolute atomic E-state index is 5.48. The highest BCUT2D eigenvalue weighted by Crippen LogP contribution is 2.44. The van der Waals surface area contributed by atoms with E-state index < -0.39 is 0 Å². The molecule has 0 saturated heterocycles. The molecule has 1 aromatic heterocycles. The average Bonchev–Trinajstić information content (AvgIpc) is 3.41. The van der Waals surface area contributed by atoms with Crippen molar-refractivity contribution in [3.8, 4) is 11.5 Å². The van der Waals surface area contributed by atoms with Crippen molar-refractivity contribution in [1.29, 1.82) is 0 Å². The van der Waals surface area contributed by atoms with E-state index in [4.69, 9.17) is 9.47 Å². The first kappa shape index (κ1) is 16.4. The summed E-state index contributed by atoms with van der Waals surface area (Å²) in [6.07, 6.45) is 2.44. The number of rotatable bonds is 5. The number of fused-ring (bicyclic) bond motifs is 1. The number of ether oxygens (including phenoxy) is 2. The highest BCUT2D eigenvalue weighted by atomic mass is 127. The monoisotopic (exact) mass is 447 g/mol. The SMILES string of the molecule is COc1ccc(/C(=C(\I)C2CC2)n2nc3ccccc3n2)cc1OC. The molecule has 2 aromatic carbocycles. The highest BCUT2D eigenvalue weighted by Gasteiger charge is 2.29. The molecule has 3 aromatic rings. The second-order valence-corrected chi connectivity index (χ2v) is 7.18. The number of aromatic nitrogens is 3. The molecule has 1 heterocycles. The van der Waals surface area contributed by atoms with Crippen molar-refractivity contribution in [1.82, 2.24) is 15.0 Å². The molecule has 0 spiro atoms. The summed E-state index contributed by atoms with van der Waals surface area (Å²) in [4.78, 5) is 1.76. The van der Waals surface area contributed by atoms with Crippen LogP contribution in [0.4, 0.5) is 0 Å². The van der Waals surface area contributed by atoms with Gasteiger partial charge in [-0.1, -0.05) is 12.1 Å². The summed E-state index contributed by atoms with van der Waals surface area (Å²) in [6, 6.07) is 13.9. The van der Waals surface area contributed by atoms with Crippen molar-refractivity contribution in [2.75, 3.05) is 14.2 Å². The zero-order chi connectivity index (χ0) is 17.4. The minimum absolute atomic E-state index is 0.595. The number of hydrogen-bond donors (Lipinski definition) is 0. The molecule has 0 N–H and O–H groups in total. The number of benzene rings is 2. The first-order valence-corrected chi connectivity index (χ1v) is 9.23. The molecule has 1 aliphatic carbocycles. The number of hydrogen-bond acceptors (Lipinski definition) is 4. The van der Waals surface area contributed by atoms with Crippen molar-refractivity contribution >= 4 is 39.3 Å². The quantitative estimate of drug-likeness (QED) is 0.541. The van der Waals surface area contributed by atoms with E-state index in [2.05, 4.69) is 32.8 Å². The van der Waals surface area contributed by atoms with Crippen LogP contribution in [0.15, 0.2) is 46.0 Å². The lowest BCUT2D eigenvalue weighted by Crippen LogP contribution is -2.06. The number of allylic oxidation sites excluding steroid dienone is 1. The van der Waals surface area contributed by atoms with E-state index in [0.717, 1.165) is 22.3 Å². The minimum atomic E-state index is 0.595. The van der Waals surface area contributed by atoms with E-state index in [9.17, 15) is 0 Å². The van der Waals surface area contributed by atoms with E-state index in [1.54, 1.807) is 19.0 Å². The van der Waals surface area contributed by atoms with Gasteiger partial charge < -0.3 is 9.47 Å². The van der Waals surface area contributed by atoms with Crippen LogP contribution in [-0.2, 0) is 0 Å². The Hall–Kier alpha value is -2.09. The van der Waals surface area contributed by atoms with E-state index >= 15 is 0 Å². The second-order valence-electron chi connectivity index (χ2n) is 6.02. The predicted octanol–water partition coefficient (Wildman–Crippen LogP) is 4.51. The first-order chi connectivity index (χ1) is 12.2. The van der Waals surface area contributed by atoms with Gasteiger partial charge in [-0.05, 0) is 71.7 Å². The Bertz CT molecular complexity index is 927. The van der Waals surface area contributed by atoms with Crippen LogP contribution in [0.5, 0.6) is 11.5 Å². The van der Waals surface area contributed by atoms with Crippen LogP contribution in [-0.4, -0.2) is 29.2 Å². The molecule has 4 rings (SSSR count). The number of methoxy groups -OCH3 is 2. The van der Waals surface area contributed by atoms with Gasteiger partial charge >= 0.3 is 0 Å². The number of nitrogens with zero attached hydrogens (tertiary/aromatic N) is 3. The molecular weight excluding hydrogens is 429 g/mol. The number of halogens is 1. The van der Waals surface area contributed by atoms with Crippen LogP contribution >= 0.6 is 22.6 Å². The molecule has 0 amide bonds. The van der Waals surface area contributed by atoms with Crippen LogP contribution < -0.4 is 9.47 Å². The summed E-state index contributed by atoms with van der Waals surface area (Å²) in [6.45, 7) is 0. The summed E-state index contributed by atoms with van der Waals surface area (Å²) in [5.41, 5.74) is 3.82. The summed E-state index contributed by atoms with van der Waals surface area (Å²) in [5.74, 6) is 2.01. The first-order valence-electron chi connectivity index (χ1n) is 8.16. The van der Waals surface area contributed by atoms with Gasteiger partial charge in [0.1, 0.15) is 16.7 Å². The molecule has 6 heteroatoms. The van der Waals surface area contributed by atoms with E-state index in [1.807, 2.05) is 42.5 Å². The van der Waals surface area contributed by atoms with Gasteiger partial charge in [-0.2, -0.15) is 0 Å². The van der Waals surface area contributed by atoms with E-state index in [-0.39, 0.29) is 0 Å². The topological polar surface area (TPSA) is 49.2 Å².